The number of benzene rings is 1. The van der Waals surface area contributed by atoms with Crippen LogP contribution in [-0.2, 0) is 11.2 Å². The van der Waals surface area contributed by atoms with Gasteiger partial charge in [-0.25, -0.2) is 4.98 Å². The second-order valence-electron chi connectivity index (χ2n) is 4.71. The van der Waals surface area contributed by atoms with Crippen LogP contribution in [0.2, 0.25) is 5.02 Å². The van der Waals surface area contributed by atoms with Crippen molar-refractivity contribution in [2.45, 2.75) is 19.8 Å². The molecule has 1 aromatic heterocycles. The van der Waals surface area contributed by atoms with E-state index in [-0.39, 0.29) is 5.91 Å². The first-order valence-electron chi connectivity index (χ1n) is 6.91. The highest BCUT2D eigenvalue weighted by molar-refractivity contribution is 6.30. The fraction of sp³-hybridized carbons (Fsp3) is 0.250. The molecule has 2 rings (SSSR count). The van der Waals surface area contributed by atoms with Gasteiger partial charge < -0.3 is 10.6 Å². The topological polar surface area (TPSA) is 54.0 Å². The first-order chi connectivity index (χ1) is 10.2. The Balaban J connectivity index is 1.88. The van der Waals surface area contributed by atoms with E-state index in [0.717, 1.165) is 24.3 Å². The minimum Gasteiger partial charge on any atom is -0.370 e. The third kappa shape index (κ3) is 5.08. The van der Waals surface area contributed by atoms with Crippen LogP contribution in [0, 0.1) is 0 Å². The molecule has 0 atom stereocenters. The zero-order valence-electron chi connectivity index (χ0n) is 11.9. The molecule has 1 aromatic carbocycles. The third-order valence-corrected chi connectivity index (χ3v) is 3.13. The van der Waals surface area contributed by atoms with Crippen molar-refractivity contribution in [3.63, 3.8) is 0 Å². The lowest BCUT2D eigenvalue weighted by molar-refractivity contribution is -0.115. The smallest absolute Gasteiger partial charge is 0.228 e. The van der Waals surface area contributed by atoms with Gasteiger partial charge in [0.05, 0.1) is 18.3 Å². The van der Waals surface area contributed by atoms with Crippen molar-refractivity contribution >= 4 is 29.0 Å². The molecular weight excluding hydrogens is 286 g/mol. The third-order valence-electron chi connectivity index (χ3n) is 2.88. The highest BCUT2D eigenvalue weighted by Crippen LogP contribution is 2.12. The van der Waals surface area contributed by atoms with Crippen LogP contribution in [0.25, 0.3) is 0 Å². The van der Waals surface area contributed by atoms with Gasteiger partial charge >= 0.3 is 0 Å². The Hall–Kier alpha value is -2.07. The van der Waals surface area contributed by atoms with Gasteiger partial charge in [-0.2, -0.15) is 0 Å². The molecule has 0 bridgehead atoms. The van der Waals surface area contributed by atoms with E-state index in [4.69, 9.17) is 11.6 Å². The van der Waals surface area contributed by atoms with Crippen molar-refractivity contribution in [1.29, 1.82) is 0 Å². The maximum atomic E-state index is 11.9. The Bertz CT molecular complexity index is 581. The molecule has 0 radical (unpaired) electrons. The Kier molecular flexibility index (Phi) is 5.58. The van der Waals surface area contributed by atoms with Crippen LogP contribution < -0.4 is 10.6 Å². The van der Waals surface area contributed by atoms with Crippen LogP contribution in [0.5, 0.6) is 0 Å². The van der Waals surface area contributed by atoms with Gasteiger partial charge in [-0.05, 0) is 36.2 Å². The average molecular weight is 304 g/mol. The number of nitrogens with one attached hydrogen (secondary N) is 2. The number of aromatic nitrogens is 1. The molecule has 0 aliphatic heterocycles. The number of hydrogen-bond donors (Lipinski definition) is 2. The van der Waals surface area contributed by atoms with E-state index in [1.807, 2.05) is 24.3 Å². The SMILES string of the molecule is CCCNc1ccc(NC(=O)Cc2ccc(Cl)cc2)cn1. The molecule has 1 heterocycles. The van der Waals surface area contributed by atoms with Gasteiger partial charge in [0.2, 0.25) is 5.91 Å². The standard InChI is InChI=1S/C16H18ClN3O/c1-2-9-18-15-8-7-14(11-19-15)20-16(21)10-12-3-5-13(17)6-4-12/h3-8,11H,2,9-10H2,1H3,(H,18,19)(H,20,21). The summed E-state index contributed by atoms with van der Waals surface area (Å²) < 4.78 is 0. The molecule has 5 heteroatoms. The summed E-state index contributed by atoms with van der Waals surface area (Å²) >= 11 is 5.81. The molecule has 4 nitrogen and oxygen atoms in total. The molecule has 110 valence electrons. The summed E-state index contributed by atoms with van der Waals surface area (Å²) in [6, 6.07) is 10.9. The summed E-state index contributed by atoms with van der Waals surface area (Å²) in [4.78, 5) is 16.2. The fourth-order valence-corrected chi connectivity index (χ4v) is 1.94. The van der Waals surface area contributed by atoms with Crippen molar-refractivity contribution in [3.05, 3.63) is 53.2 Å². The van der Waals surface area contributed by atoms with Crippen LogP contribution in [0.4, 0.5) is 11.5 Å². The van der Waals surface area contributed by atoms with Gasteiger partial charge in [0, 0.05) is 11.6 Å². The maximum absolute atomic E-state index is 11.9. The number of pyridine rings is 1. The first kappa shape index (κ1) is 15.3. The Morgan fingerprint density at radius 2 is 1.95 bits per heavy atom. The first-order valence-corrected chi connectivity index (χ1v) is 7.29. The molecule has 1 amide bonds. The quantitative estimate of drug-likeness (QED) is 0.855. The van der Waals surface area contributed by atoms with Crippen molar-refractivity contribution in [1.82, 2.24) is 4.98 Å². The molecular formula is C16H18ClN3O. The lowest BCUT2D eigenvalue weighted by Crippen LogP contribution is -2.14. The van der Waals surface area contributed by atoms with Crippen LogP contribution in [0.1, 0.15) is 18.9 Å². The fourth-order valence-electron chi connectivity index (χ4n) is 1.82. The Morgan fingerprint density at radius 3 is 2.57 bits per heavy atom. The number of nitrogens with zero attached hydrogens (tertiary/aromatic N) is 1. The molecule has 2 aromatic rings. The summed E-state index contributed by atoms with van der Waals surface area (Å²) in [5, 5.41) is 6.68. The van der Waals surface area contributed by atoms with Gasteiger partial charge in [0.15, 0.2) is 0 Å². The van der Waals surface area contributed by atoms with Gasteiger partial charge in [0.25, 0.3) is 0 Å². The largest absolute Gasteiger partial charge is 0.370 e. The predicted octanol–water partition coefficient (Wildman–Crippen LogP) is 3.74. The van der Waals surface area contributed by atoms with E-state index in [1.54, 1.807) is 18.3 Å². The van der Waals surface area contributed by atoms with Crippen LogP contribution in [0.15, 0.2) is 42.6 Å². The van der Waals surface area contributed by atoms with E-state index in [2.05, 4.69) is 22.5 Å². The normalized spacial score (nSPS) is 10.2. The van der Waals surface area contributed by atoms with Gasteiger partial charge in [-0.15, -0.1) is 0 Å². The van der Waals surface area contributed by atoms with E-state index < -0.39 is 0 Å². The molecule has 0 fully saturated rings. The summed E-state index contributed by atoms with van der Waals surface area (Å²) in [6.07, 6.45) is 3.01. The maximum Gasteiger partial charge on any atom is 0.228 e. The number of amides is 1. The number of carbonyl (C=O) groups is 1. The lowest BCUT2D eigenvalue weighted by atomic mass is 10.1. The van der Waals surface area contributed by atoms with Crippen molar-refractivity contribution < 1.29 is 4.79 Å². The minimum absolute atomic E-state index is 0.0756. The van der Waals surface area contributed by atoms with Gasteiger partial charge in [0.1, 0.15) is 5.82 Å². The predicted molar refractivity (Wildman–Crippen MR) is 86.8 cm³/mol. The molecule has 21 heavy (non-hydrogen) atoms. The molecule has 0 spiro atoms. The Labute approximate surface area is 129 Å². The van der Waals surface area contributed by atoms with Crippen LogP contribution in [0.3, 0.4) is 0 Å². The van der Waals surface area contributed by atoms with E-state index >= 15 is 0 Å². The van der Waals surface area contributed by atoms with E-state index in [0.29, 0.717) is 17.1 Å². The summed E-state index contributed by atoms with van der Waals surface area (Å²) in [5.74, 6) is 0.737. The number of halogens is 1. The number of carbonyl (C=O) groups excluding carboxylic acids is 1. The molecule has 0 aliphatic carbocycles. The molecule has 0 unspecified atom stereocenters. The molecule has 0 saturated carbocycles. The zero-order chi connectivity index (χ0) is 15.1. The second-order valence-corrected chi connectivity index (χ2v) is 5.15. The van der Waals surface area contributed by atoms with Crippen molar-refractivity contribution in [2.75, 3.05) is 17.2 Å². The molecule has 0 saturated heterocycles. The number of rotatable bonds is 6. The summed E-state index contributed by atoms with van der Waals surface area (Å²) in [6.45, 7) is 2.98. The minimum atomic E-state index is -0.0756. The monoisotopic (exact) mass is 303 g/mol. The lowest BCUT2D eigenvalue weighted by Gasteiger charge is -2.07. The van der Waals surface area contributed by atoms with Gasteiger partial charge in [-0.1, -0.05) is 30.7 Å². The zero-order valence-corrected chi connectivity index (χ0v) is 12.7. The highest BCUT2D eigenvalue weighted by atomic mass is 35.5. The second kappa shape index (κ2) is 7.64. The van der Waals surface area contributed by atoms with Crippen LogP contribution in [-0.4, -0.2) is 17.4 Å². The number of anilines is 2. The summed E-state index contributed by atoms with van der Waals surface area (Å²) in [5.41, 5.74) is 1.61. The number of hydrogen-bond acceptors (Lipinski definition) is 3. The molecule has 0 aliphatic rings. The summed E-state index contributed by atoms with van der Waals surface area (Å²) in [7, 11) is 0. The van der Waals surface area contributed by atoms with Crippen LogP contribution >= 0.6 is 11.6 Å². The molecule has 2 N–H and O–H groups in total. The highest BCUT2D eigenvalue weighted by Gasteiger charge is 2.04. The van der Waals surface area contributed by atoms with Crippen molar-refractivity contribution in [3.8, 4) is 0 Å². The van der Waals surface area contributed by atoms with Gasteiger partial charge in [-0.3, -0.25) is 4.79 Å². The Morgan fingerprint density at radius 1 is 1.19 bits per heavy atom. The average Bonchev–Trinajstić information content (AvgIpc) is 2.49. The van der Waals surface area contributed by atoms with E-state index in [9.17, 15) is 4.79 Å². The van der Waals surface area contributed by atoms with Crippen molar-refractivity contribution in [2.24, 2.45) is 0 Å². The van der Waals surface area contributed by atoms with E-state index in [1.165, 1.54) is 0 Å².